The molecule has 0 amide bonds. The number of aryl methyl sites for hydroxylation is 1. The summed E-state index contributed by atoms with van der Waals surface area (Å²) in [4.78, 5) is 11.7. The number of esters is 1. The lowest BCUT2D eigenvalue weighted by molar-refractivity contribution is 0.0597. The molecule has 3 nitrogen and oxygen atoms in total. The molecule has 1 aliphatic rings. The van der Waals surface area contributed by atoms with Crippen molar-refractivity contribution in [3.05, 3.63) is 28.8 Å². The molecule has 98 valence electrons. The van der Waals surface area contributed by atoms with Crippen LogP contribution in [0.1, 0.15) is 47.7 Å². The number of carbonyl (C=O) groups is 1. The maximum atomic E-state index is 11.7. The highest BCUT2D eigenvalue weighted by Crippen LogP contribution is 2.38. The molecule has 18 heavy (non-hydrogen) atoms. The van der Waals surface area contributed by atoms with Crippen molar-refractivity contribution in [3.8, 4) is 5.75 Å². The summed E-state index contributed by atoms with van der Waals surface area (Å²) in [6, 6.07) is 3.93. The molecule has 1 aliphatic carbocycles. The van der Waals surface area contributed by atoms with Crippen molar-refractivity contribution >= 4 is 5.97 Å². The Bertz CT molecular complexity index is 465. The molecular weight excluding hydrogens is 228 g/mol. The first kappa shape index (κ1) is 12.9. The normalized spacial score (nSPS) is 22.2. The lowest BCUT2D eigenvalue weighted by atomic mass is 9.76. The molecule has 2 rings (SSSR count). The second kappa shape index (κ2) is 5.01. The molecule has 0 spiro atoms. The predicted molar refractivity (Wildman–Crippen MR) is 70.2 cm³/mol. The van der Waals surface area contributed by atoms with Crippen molar-refractivity contribution < 1.29 is 14.3 Å². The molecule has 2 atom stereocenters. The average molecular weight is 248 g/mol. The highest BCUT2D eigenvalue weighted by atomic mass is 16.5. The van der Waals surface area contributed by atoms with Gasteiger partial charge in [0, 0.05) is 0 Å². The minimum Gasteiger partial charge on any atom is -0.496 e. The minimum atomic E-state index is -0.332. The predicted octanol–water partition coefficient (Wildman–Crippen LogP) is 3.17. The third-order valence-electron chi connectivity index (χ3n) is 4.08. The van der Waals surface area contributed by atoms with E-state index in [1.807, 2.05) is 12.1 Å². The van der Waals surface area contributed by atoms with Crippen LogP contribution in [-0.4, -0.2) is 20.2 Å². The van der Waals surface area contributed by atoms with Crippen LogP contribution in [0.5, 0.6) is 5.75 Å². The van der Waals surface area contributed by atoms with Crippen molar-refractivity contribution in [1.82, 2.24) is 0 Å². The standard InChI is InChI=1S/C15H20O3/c1-9-5-6-11-7-13(15(16)18-4)14(17-3)8-12(11)10(9)2/h7-10H,5-6H2,1-4H3. The lowest BCUT2D eigenvalue weighted by Crippen LogP contribution is -2.17. The van der Waals surface area contributed by atoms with Gasteiger partial charge in [0.1, 0.15) is 11.3 Å². The zero-order chi connectivity index (χ0) is 13.3. The molecule has 0 heterocycles. The molecule has 0 saturated carbocycles. The number of hydrogen-bond donors (Lipinski definition) is 0. The van der Waals surface area contributed by atoms with Gasteiger partial charge in [0.05, 0.1) is 14.2 Å². The zero-order valence-electron chi connectivity index (χ0n) is 11.4. The maximum Gasteiger partial charge on any atom is 0.341 e. The van der Waals surface area contributed by atoms with Gasteiger partial charge in [0.15, 0.2) is 0 Å². The van der Waals surface area contributed by atoms with Crippen LogP contribution in [0.4, 0.5) is 0 Å². The SMILES string of the molecule is COC(=O)c1cc2c(cc1OC)C(C)C(C)CC2. The van der Waals surface area contributed by atoms with Crippen molar-refractivity contribution in [2.24, 2.45) is 5.92 Å². The molecular formula is C15H20O3. The van der Waals surface area contributed by atoms with Gasteiger partial charge in [0.25, 0.3) is 0 Å². The Hall–Kier alpha value is -1.51. The second-order valence-corrected chi connectivity index (χ2v) is 5.05. The number of hydrogen-bond acceptors (Lipinski definition) is 3. The number of benzene rings is 1. The summed E-state index contributed by atoms with van der Waals surface area (Å²) < 4.78 is 10.1. The minimum absolute atomic E-state index is 0.332. The Morgan fingerprint density at radius 1 is 1.28 bits per heavy atom. The fourth-order valence-corrected chi connectivity index (χ4v) is 2.66. The van der Waals surface area contributed by atoms with Gasteiger partial charge in [-0.1, -0.05) is 13.8 Å². The van der Waals surface area contributed by atoms with Crippen molar-refractivity contribution in [2.45, 2.75) is 32.6 Å². The fourth-order valence-electron chi connectivity index (χ4n) is 2.66. The number of carbonyl (C=O) groups excluding carboxylic acids is 1. The summed E-state index contributed by atoms with van der Waals surface area (Å²) in [5, 5.41) is 0. The Morgan fingerprint density at radius 2 is 2.00 bits per heavy atom. The topological polar surface area (TPSA) is 35.5 Å². The fraction of sp³-hybridized carbons (Fsp3) is 0.533. The lowest BCUT2D eigenvalue weighted by Gasteiger charge is -2.29. The van der Waals surface area contributed by atoms with E-state index >= 15 is 0 Å². The highest BCUT2D eigenvalue weighted by molar-refractivity contribution is 5.93. The summed E-state index contributed by atoms with van der Waals surface area (Å²) in [6.45, 7) is 4.51. The van der Waals surface area contributed by atoms with Crippen molar-refractivity contribution in [2.75, 3.05) is 14.2 Å². The Labute approximate surface area is 108 Å². The molecule has 2 unspecified atom stereocenters. The van der Waals surface area contributed by atoms with E-state index in [9.17, 15) is 4.79 Å². The van der Waals surface area contributed by atoms with E-state index < -0.39 is 0 Å². The van der Waals surface area contributed by atoms with Gasteiger partial charge in [-0.2, -0.15) is 0 Å². The first-order valence-electron chi connectivity index (χ1n) is 6.37. The van der Waals surface area contributed by atoms with Crippen LogP contribution in [0.15, 0.2) is 12.1 Å². The van der Waals surface area contributed by atoms with Gasteiger partial charge in [-0.15, -0.1) is 0 Å². The third-order valence-corrected chi connectivity index (χ3v) is 4.08. The van der Waals surface area contributed by atoms with Gasteiger partial charge in [-0.05, 0) is 47.9 Å². The molecule has 0 fully saturated rings. The summed E-state index contributed by atoms with van der Waals surface area (Å²) in [6.07, 6.45) is 2.19. The molecule has 0 bridgehead atoms. The number of rotatable bonds is 2. The van der Waals surface area contributed by atoms with Crippen LogP contribution in [-0.2, 0) is 11.2 Å². The van der Waals surface area contributed by atoms with Crippen LogP contribution >= 0.6 is 0 Å². The van der Waals surface area contributed by atoms with E-state index in [1.165, 1.54) is 24.7 Å². The Balaban J connectivity index is 2.51. The molecule has 0 aromatic heterocycles. The quantitative estimate of drug-likeness (QED) is 0.754. The first-order chi connectivity index (χ1) is 8.58. The van der Waals surface area contributed by atoms with Crippen LogP contribution in [0.3, 0.4) is 0 Å². The first-order valence-corrected chi connectivity index (χ1v) is 6.37. The van der Waals surface area contributed by atoms with Crippen molar-refractivity contribution in [3.63, 3.8) is 0 Å². The number of fused-ring (bicyclic) bond motifs is 1. The summed E-state index contributed by atoms with van der Waals surface area (Å²) in [5.74, 6) is 1.46. The Kier molecular flexibility index (Phi) is 3.60. The van der Waals surface area contributed by atoms with E-state index in [0.717, 1.165) is 6.42 Å². The third kappa shape index (κ3) is 2.09. The molecule has 3 heteroatoms. The van der Waals surface area contributed by atoms with Gasteiger partial charge in [-0.3, -0.25) is 0 Å². The molecule has 1 aromatic carbocycles. The van der Waals surface area contributed by atoms with E-state index in [2.05, 4.69) is 13.8 Å². The van der Waals surface area contributed by atoms with Gasteiger partial charge >= 0.3 is 5.97 Å². The maximum absolute atomic E-state index is 11.7. The second-order valence-electron chi connectivity index (χ2n) is 5.05. The van der Waals surface area contributed by atoms with Crippen LogP contribution in [0.25, 0.3) is 0 Å². The highest BCUT2D eigenvalue weighted by Gasteiger charge is 2.26. The smallest absolute Gasteiger partial charge is 0.341 e. The van der Waals surface area contributed by atoms with E-state index in [1.54, 1.807) is 7.11 Å². The van der Waals surface area contributed by atoms with Crippen LogP contribution in [0, 0.1) is 5.92 Å². The van der Waals surface area contributed by atoms with Gasteiger partial charge < -0.3 is 9.47 Å². The number of methoxy groups -OCH3 is 2. The molecule has 0 N–H and O–H groups in total. The van der Waals surface area contributed by atoms with E-state index in [0.29, 0.717) is 23.1 Å². The monoisotopic (exact) mass is 248 g/mol. The molecule has 1 aromatic rings. The Morgan fingerprint density at radius 3 is 2.61 bits per heavy atom. The summed E-state index contributed by atoms with van der Waals surface area (Å²) in [5.41, 5.74) is 3.08. The van der Waals surface area contributed by atoms with Crippen molar-refractivity contribution in [1.29, 1.82) is 0 Å². The van der Waals surface area contributed by atoms with Crippen LogP contribution in [0.2, 0.25) is 0 Å². The average Bonchev–Trinajstić information content (AvgIpc) is 2.41. The van der Waals surface area contributed by atoms with Crippen LogP contribution < -0.4 is 4.74 Å². The van der Waals surface area contributed by atoms with E-state index in [-0.39, 0.29) is 5.97 Å². The molecule has 0 saturated heterocycles. The van der Waals surface area contributed by atoms with E-state index in [4.69, 9.17) is 9.47 Å². The summed E-state index contributed by atoms with van der Waals surface area (Å²) in [7, 11) is 2.98. The molecule has 0 aliphatic heterocycles. The summed E-state index contributed by atoms with van der Waals surface area (Å²) >= 11 is 0. The molecule has 0 radical (unpaired) electrons. The zero-order valence-corrected chi connectivity index (χ0v) is 11.4. The van der Waals surface area contributed by atoms with Gasteiger partial charge in [-0.25, -0.2) is 4.79 Å². The largest absolute Gasteiger partial charge is 0.496 e. The number of ether oxygens (including phenoxy) is 2. The van der Waals surface area contributed by atoms with Gasteiger partial charge in [0.2, 0.25) is 0 Å².